The molecule has 0 aromatic heterocycles. The standard InChI is InChI=1S/C31H50O5/c32-17-7-1-2-12-24-20-25-22-28(36-30-14-6-9-19-34-30)31(26(25)21-24)27(16-15-23-10-3-4-11-23)35-29-13-5-8-18-33-29/h16,20,23,25-26,28-32H,1-15,17-19,21-22H2/t25-,26-,28+,29?,30?,31-/m1/s1. The van der Waals surface area contributed by atoms with Gasteiger partial charge in [0.25, 0.3) is 0 Å². The van der Waals surface area contributed by atoms with E-state index in [1.807, 2.05) is 0 Å². The van der Waals surface area contributed by atoms with Gasteiger partial charge in [-0.25, -0.2) is 0 Å². The van der Waals surface area contributed by atoms with Crippen LogP contribution in [-0.2, 0) is 18.9 Å². The highest BCUT2D eigenvalue weighted by atomic mass is 16.7. The molecule has 36 heavy (non-hydrogen) atoms. The molecule has 0 radical (unpaired) electrons. The van der Waals surface area contributed by atoms with E-state index >= 15 is 0 Å². The molecule has 1 N–H and O–H groups in total. The lowest BCUT2D eigenvalue weighted by Crippen LogP contribution is -2.34. The van der Waals surface area contributed by atoms with Crippen molar-refractivity contribution in [3.8, 4) is 0 Å². The second-order valence-electron chi connectivity index (χ2n) is 12.0. The topological polar surface area (TPSA) is 57.2 Å². The third-order valence-corrected chi connectivity index (χ3v) is 9.35. The molecule has 0 bridgehead atoms. The van der Waals surface area contributed by atoms with Crippen molar-refractivity contribution < 1.29 is 24.1 Å². The van der Waals surface area contributed by atoms with Gasteiger partial charge in [0.15, 0.2) is 12.6 Å². The van der Waals surface area contributed by atoms with Crippen molar-refractivity contribution in [2.24, 2.45) is 23.7 Å². The Balaban J connectivity index is 1.32. The van der Waals surface area contributed by atoms with Crippen molar-refractivity contribution in [2.45, 2.75) is 128 Å². The van der Waals surface area contributed by atoms with E-state index in [4.69, 9.17) is 24.1 Å². The Labute approximate surface area is 219 Å². The lowest BCUT2D eigenvalue weighted by Gasteiger charge is -2.34. The fourth-order valence-electron chi connectivity index (χ4n) is 7.40. The molecule has 5 rings (SSSR count). The van der Waals surface area contributed by atoms with Crippen molar-refractivity contribution in [3.05, 3.63) is 23.5 Å². The molecule has 0 amide bonds. The Kier molecular flexibility index (Phi) is 10.2. The lowest BCUT2D eigenvalue weighted by molar-refractivity contribution is -0.200. The smallest absolute Gasteiger partial charge is 0.199 e. The maximum atomic E-state index is 9.14. The number of rotatable bonds is 12. The number of aliphatic hydroxyl groups excluding tert-OH is 1. The summed E-state index contributed by atoms with van der Waals surface area (Å²) >= 11 is 0. The second-order valence-corrected chi connectivity index (χ2v) is 12.0. The maximum absolute atomic E-state index is 9.14. The average Bonchev–Trinajstić information content (AvgIpc) is 3.63. The molecule has 0 spiro atoms. The molecule has 2 unspecified atom stereocenters. The average molecular weight is 503 g/mol. The first-order chi connectivity index (χ1) is 17.8. The Bertz CT molecular complexity index is 714. The maximum Gasteiger partial charge on any atom is 0.199 e. The second kappa shape index (κ2) is 13.8. The van der Waals surface area contributed by atoms with Crippen LogP contribution in [0.5, 0.6) is 0 Å². The van der Waals surface area contributed by atoms with E-state index in [9.17, 15) is 0 Å². The van der Waals surface area contributed by atoms with Crippen LogP contribution in [0.3, 0.4) is 0 Å². The van der Waals surface area contributed by atoms with Gasteiger partial charge in [0, 0.05) is 25.6 Å². The number of allylic oxidation sites excluding steroid dienone is 3. The molecule has 0 aromatic rings. The first-order valence-electron chi connectivity index (χ1n) is 15.4. The van der Waals surface area contributed by atoms with Crippen LogP contribution in [-0.4, -0.2) is 43.6 Å². The highest BCUT2D eigenvalue weighted by molar-refractivity contribution is 5.23. The van der Waals surface area contributed by atoms with Gasteiger partial charge < -0.3 is 24.1 Å². The van der Waals surface area contributed by atoms with Gasteiger partial charge in [-0.2, -0.15) is 0 Å². The summed E-state index contributed by atoms with van der Waals surface area (Å²) in [5, 5.41) is 9.14. The number of hydrogen-bond acceptors (Lipinski definition) is 5. The molecule has 5 nitrogen and oxygen atoms in total. The van der Waals surface area contributed by atoms with Crippen LogP contribution < -0.4 is 0 Å². The van der Waals surface area contributed by atoms with Gasteiger partial charge in [0.2, 0.25) is 0 Å². The SMILES string of the molecule is OCCCCCC1=C[C@@H]2C[C@H](OC3CCCCO3)[C@@H](C(=CCC3CCCC3)OC3CCCCO3)[C@@H]2C1. The molecule has 6 atom stereocenters. The summed E-state index contributed by atoms with van der Waals surface area (Å²) in [4.78, 5) is 0. The number of ether oxygens (including phenoxy) is 4. The number of hydrogen-bond donors (Lipinski definition) is 1. The summed E-state index contributed by atoms with van der Waals surface area (Å²) in [5.74, 6) is 3.39. The molecule has 2 saturated heterocycles. The van der Waals surface area contributed by atoms with Gasteiger partial charge in [0.05, 0.1) is 12.7 Å². The van der Waals surface area contributed by atoms with E-state index < -0.39 is 0 Å². The molecule has 3 aliphatic carbocycles. The molecule has 5 aliphatic rings. The molecule has 5 heteroatoms. The number of unbranched alkanes of at least 4 members (excludes halogenated alkanes) is 2. The molecule has 204 valence electrons. The molecule has 2 aliphatic heterocycles. The lowest BCUT2D eigenvalue weighted by atomic mass is 9.86. The molecule has 2 heterocycles. The molecule has 0 aromatic carbocycles. The number of fused-ring (bicyclic) bond motifs is 1. The van der Waals surface area contributed by atoms with Crippen molar-refractivity contribution in [1.29, 1.82) is 0 Å². The first-order valence-corrected chi connectivity index (χ1v) is 15.4. The van der Waals surface area contributed by atoms with Crippen molar-refractivity contribution in [2.75, 3.05) is 19.8 Å². The zero-order valence-electron chi connectivity index (χ0n) is 22.4. The van der Waals surface area contributed by atoms with Crippen LogP contribution in [0.15, 0.2) is 23.5 Å². The summed E-state index contributed by atoms with van der Waals surface area (Å²) < 4.78 is 25.6. The summed E-state index contributed by atoms with van der Waals surface area (Å²) in [5.41, 5.74) is 1.62. The monoisotopic (exact) mass is 502 g/mol. The van der Waals surface area contributed by atoms with Crippen LogP contribution in [0, 0.1) is 23.7 Å². The van der Waals surface area contributed by atoms with E-state index in [0.717, 1.165) is 82.7 Å². The van der Waals surface area contributed by atoms with E-state index in [0.29, 0.717) is 24.4 Å². The molecular formula is C31H50O5. The van der Waals surface area contributed by atoms with Crippen molar-refractivity contribution in [1.82, 2.24) is 0 Å². The third kappa shape index (κ3) is 7.15. The minimum absolute atomic E-state index is 0.0611. The van der Waals surface area contributed by atoms with E-state index in [-0.39, 0.29) is 18.7 Å². The zero-order chi connectivity index (χ0) is 24.6. The van der Waals surface area contributed by atoms with Gasteiger partial charge in [-0.1, -0.05) is 43.8 Å². The highest BCUT2D eigenvalue weighted by Crippen LogP contribution is 2.52. The Morgan fingerprint density at radius 2 is 1.67 bits per heavy atom. The Morgan fingerprint density at radius 3 is 2.39 bits per heavy atom. The predicted molar refractivity (Wildman–Crippen MR) is 141 cm³/mol. The van der Waals surface area contributed by atoms with Gasteiger partial charge in [-0.3, -0.25) is 0 Å². The molecule has 4 fully saturated rings. The summed E-state index contributed by atoms with van der Waals surface area (Å²) in [7, 11) is 0. The van der Waals surface area contributed by atoms with Gasteiger partial charge >= 0.3 is 0 Å². The predicted octanol–water partition coefficient (Wildman–Crippen LogP) is 7.04. The largest absolute Gasteiger partial charge is 0.469 e. The van der Waals surface area contributed by atoms with Crippen LogP contribution in [0.4, 0.5) is 0 Å². The van der Waals surface area contributed by atoms with Crippen molar-refractivity contribution in [3.63, 3.8) is 0 Å². The van der Waals surface area contributed by atoms with E-state index in [2.05, 4.69) is 12.2 Å². The van der Waals surface area contributed by atoms with Gasteiger partial charge in [-0.15, -0.1) is 0 Å². The normalized spacial score (nSPS) is 35.7. The summed E-state index contributed by atoms with van der Waals surface area (Å²) in [6, 6.07) is 0. The molecule has 2 saturated carbocycles. The van der Waals surface area contributed by atoms with Crippen molar-refractivity contribution >= 4 is 0 Å². The van der Waals surface area contributed by atoms with E-state index in [1.165, 1.54) is 51.4 Å². The Hall–Kier alpha value is -0.880. The van der Waals surface area contributed by atoms with Gasteiger partial charge in [0.1, 0.15) is 5.76 Å². The fourth-order valence-corrected chi connectivity index (χ4v) is 7.40. The van der Waals surface area contributed by atoms with Crippen LogP contribution >= 0.6 is 0 Å². The fraction of sp³-hybridized carbons (Fsp3) is 0.871. The highest BCUT2D eigenvalue weighted by Gasteiger charge is 2.49. The van der Waals surface area contributed by atoms with E-state index in [1.54, 1.807) is 5.57 Å². The third-order valence-electron chi connectivity index (χ3n) is 9.35. The Morgan fingerprint density at radius 1 is 0.917 bits per heavy atom. The summed E-state index contributed by atoms with van der Waals surface area (Å²) in [6.07, 6.45) is 24.9. The zero-order valence-corrected chi connectivity index (χ0v) is 22.4. The van der Waals surface area contributed by atoms with Crippen LogP contribution in [0.25, 0.3) is 0 Å². The summed E-state index contributed by atoms with van der Waals surface area (Å²) in [6.45, 7) is 1.95. The van der Waals surface area contributed by atoms with Crippen LogP contribution in [0.2, 0.25) is 0 Å². The first kappa shape index (κ1) is 26.7. The molecular weight excluding hydrogens is 452 g/mol. The minimum atomic E-state index is -0.105. The number of aliphatic hydroxyl groups is 1. The minimum Gasteiger partial charge on any atom is -0.469 e. The van der Waals surface area contributed by atoms with Crippen LogP contribution in [0.1, 0.15) is 109 Å². The van der Waals surface area contributed by atoms with Gasteiger partial charge in [-0.05, 0) is 94.5 Å². The quantitative estimate of drug-likeness (QED) is 0.176.